The van der Waals surface area contributed by atoms with Crippen LogP contribution >= 0.6 is 0 Å². The molecule has 3 heterocycles. The third kappa shape index (κ3) is 2.66. The van der Waals surface area contributed by atoms with Crippen LogP contribution in [0, 0.1) is 0 Å². The van der Waals surface area contributed by atoms with Crippen molar-refractivity contribution >= 4 is 109 Å². The van der Waals surface area contributed by atoms with E-state index in [2.05, 4.69) is 136 Å². The zero-order valence-corrected chi connectivity index (χ0v) is 23.0. The summed E-state index contributed by atoms with van der Waals surface area (Å²) in [6, 6.07) is 44.4. The SMILES string of the molecule is c1ccc2c(c1)ccc1cc3[nH]c4c(c3cc12)c1[nH]c2ccc3ccccc3c2c1c1[nH]c2ccc3ccccc3c2c41. The van der Waals surface area contributed by atoms with Crippen molar-refractivity contribution < 1.29 is 0 Å². The highest BCUT2D eigenvalue weighted by molar-refractivity contribution is 6.42. The number of hydrogen-bond donors (Lipinski definition) is 3. The number of aromatic nitrogens is 3. The monoisotopic (exact) mass is 545 g/mol. The summed E-state index contributed by atoms with van der Waals surface area (Å²) in [6.45, 7) is 0. The quantitative estimate of drug-likeness (QED) is 0.159. The van der Waals surface area contributed by atoms with Gasteiger partial charge in [0.05, 0.1) is 16.6 Å². The van der Waals surface area contributed by atoms with Crippen molar-refractivity contribution in [2.75, 3.05) is 0 Å². The van der Waals surface area contributed by atoms with E-state index in [9.17, 15) is 0 Å². The van der Waals surface area contributed by atoms with Crippen LogP contribution in [0.1, 0.15) is 0 Å². The van der Waals surface area contributed by atoms with Crippen molar-refractivity contribution in [3.63, 3.8) is 0 Å². The van der Waals surface area contributed by atoms with Crippen molar-refractivity contribution in [1.29, 1.82) is 0 Å². The highest BCUT2D eigenvalue weighted by Crippen LogP contribution is 2.47. The van der Waals surface area contributed by atoms with Gasteiger partial charge in [-0.1, -0.05) is 97.1 Å². The van der Waals surface area contributed by atoms with Crippen LogP contribution in [0.15, 0.2) is 121 Å². The summed E-state index contributed by atoms with van der Waals surface area (Å²) in [5.41, 5.74) is 7.01. The number of aromatic amines is 3. The maximum Gasteiger partial charge on any atom is 0.0588 e. The molecular formula is C40H23N3. The Morgan fingerprint density at radius 2 is 0.744 bits per heavy atom. The molecule has 11 aromatic rings. The zero-order valence-electron chi connectivity index (χ0n) is 23.0. The second kappa shape index (κ2) is 7.53. The molecule has 0 fully saturated rings. The maximum atomic E-state index is 3.94. The summed E-state index contributed by atoms with van der Waals surface area (Å²) < 4.78 is 0. The first-order chi connectivity index (χ1) is 21.3. The van der Waals surface area contributed by atoms with Gasteiger partial charge in [-0.2, -0.15) is 0 Å². The van der Waals surface area contributed by atoms with Crippen LogP contribution in [-0.2, 0) is 0 Å². The van der Waals surface area contributed by atoms with Gasteiger partial charge in [0.2, 0.25) is 0 Å². The Hall–Kier alpha value is -5.80. The van der Waals surface area contributed by atoms with E-state index in [0.29, 0.717) is 0 Å². The molecule has 43 heavy (non-hydrogen) atoms. The highest BCUT2D eigenvalue weighted by Gasteiger charge is 2.23. The molecule has 0 aliphatic carbocycles. The fourth-order valence-corrected chi connectivity index (χ4v) is 7.95. The van der Waals surface area contributed by atoms with E-state index in [1.807, 2.05) is 0 Å². The van der Waals surface area contributed by atoms with Gasteiger partial charge >= 0.3 is 0 Å². The highest BCUT2D eigenvalue weighted by atomic mass is 14.8. The van der Waals surface area contributed by atoms with Gasteiger partial charge in [0, 0.05) is 48.9 Å². The molecule has 0 aliphatic heterocycles. The molecule has 3 N–H and O–H groups in total. The lowest BCUT2D eigenvalue weighted by molar-refractivity contribution is 1.55. The van der Waals surface area contributed by atoms with Crippen LogP contribution in [0.3, 0.4) is 0 Å². The van der Waals surface area contributed by atoms with Crippen LogP contribution in [0.2, 0.25) is 0 Å². The number of rotatable bonds is 0. The fraction of sp³-hybridized carbons (Fsp3) is 0. The van der Waals surface area contributed by atoms with Crippen molar-refractivity contribution in [3.05, 3.63) is 121 Å². The molecule has 0 aliphatic rings. The number of benzene rings is 8. The van der Waals surface area contributed by atoms with E-state index < -0.39 is 0 Å². The largest absolute Gasteiger partial charge is 0.354 e. The van der Waals surface area contributed by atoms with E-state index in [-0.39, 0.29) is 0 Å². The first kappa shape index (κ1) is 21.9. The Bertz CT molecular complexity index is 3000. The molecule has 0 atom stereocenters. The molecule has 0 spiro atoms. The van der Waals surface area contributed by atoms with Gasteiger partial charge in [-0.05, 0) is 67.4 Å². The molecule has 0 saturated heterocycles. The molecule has 0 radical (unpaired) electrons. The molecule has 3 nitrogen and oxygen atoms in total. The van der Waals surface area contributed by atoms with Crippen LogP contribution in [-0.4, -0.2) is 15.0 Å². The van der Waals surface area contributed by atoms with Crippen LogP contribution in [0.5, 0.6) is 0 Å². The van der Waals surface area contributed by atoms with Gasteiger partial charge in [-0.25, -0.2) is 0 Å². The van der Waals surface area contributed by atoms with Gasteiger partial charge in [0.25, 0.3) is 0 Å². The van der Waals surface area contributed by atoms with Crippen LogP contribution in [0.25, 0.3) is 109 Å². The van der Waals surface area contributed by atoms with Gasteiger partial charge < -0.3 is 15.0 Å². The molecule has 0 amide bonds. The first-order valence-corrected chi connectivity index (χ1v) is 14.9. The lowest BCUT2D eigenvalue weighted by Crippen LogP contribution is -1.79. The summed E-state index contributed by atoms with van der Waals surface area (Å²) in [6.07, 6.45) is 0. The van der Waals surface area contributed by atoms with E-state index in [0.717, 1.165) is 16.6 Å². The minimum atomic E-state index is 1.16. The third-order valence-corrected chi connectivity index (χ3v) is 9.79. The molecule has 3 heteroatoms. The topological polar surface area (TPSA) is 47.4 Å². The van der Waals surface area contributed by atoms with E-state index in [1.54, 1.807) is 0 Å². The van der Waals surface area contributed by atoms with Crippen LogP contribution < -0.4 is 0 Å². The zero-order chi connectivity index (χ0) is 27.8. The van der Waals surface area contributed by atoms with Gasteiger partial charge in [0.1, 0.15) is 0 Å². The van der Waals surface area contributed by atoms with Crippen molar-refractivity contribution in [1.82, 2.24) is 15.0 Å². The lowest BCUT2D eigenvalue weighted by atomic mass is 9.96. The summed E-state index contributed by atoms with van der Waals surface area (Å²) in [7, 11) is 0. The second-order valence-corrected chi connectivity index (χ2v) is 11.9. The molecule has 8 aromatic carbocycles. The average Bonchev–Trinajstić information content (AvgIpc) is 3.75. The standard InChI is InChI=1S/C40H23N3/c1-4-10-25-21(7-1)13-14-24-19-32-29(20-28(24)25)35-38-36(33-26-11-5-2-8-22(26)15-17-30(33)41-38)40-37(39(35)43-32)34-27-12-6-3-9-23(27)16-18-31(34)42-40/h1-20,41-43H. The molecule has 0 bridgehead atoms. The predicted octanol–water partition coefficient (Wildman–Crippen LogP) is 11.2. The number of H-pyrrole nitrogens is 3. The Labute approximate surface area is 244 Å². The Balaban J connectivity index is 1.48. The smallest absolute Gasteiger partial charge is 0.0588 e. The lowest BCUT2D eigenvalue weighted by Gasteiger charge is -2.05. The molecule has 198 valence electrons. The Kier molecular flexibility index (Phi) is 3.83. The molecule has 11 rings (SSSR count). The van der Waals surface area contributed by atoms with Crippen molar-refractivity contribution in [2.24, 2.45) is 0 Å². The summed E-state index contributed by atoms with van der Waals surface area (Å²) in [5, 5.41) is 17.7. The molecular weight excluding hydrogens is 522 g/mol. The number of nitrogens with one attached hydrogen (secondary N) is 3. The van der Waals surface area contributed by atoms with Gasteiger partial charge in [-0.3, -0.25) is 0 Å². The minimum absolute atomic E-state index is 1.16. The fourth-order valence-electron chi connectivity index (χ4n) is 7.95. The second-order valence-electron chi connectivity index (χ2n) is 11.9. The van der Waals surface area contributed by atoms with E-state index in [4.69, 9.17) is 0 Å². The first-order valence-electron chi connectivity index (χ1n) is 14.9. The molecule has 3 aromatic heterocycles. The molecule has 0 saturated carbocycles. The average molecular weight is 546 g/mol. The maximum absolute atomic E-state index is 3.94. The van der Waals surface area contributed by atoms with E-state index >= 15 is 0 Å². The Morgan fingerprint density at radius 1 is 0.279 bits per heavy atom. The van der Waals surface area contributed by atoms with Crippen LogP contribution in [0.4, 0.5) is 0 Å². The van der Waals surface area contributed by atoms with Gasteiger partial charge in [-0.15, -0.1) is 0 Å². The number of fused-ring (bicyclic) bond motifs is 19. The van der Waals surface area contributed by atoms with Crippen molar-refractivity contribution in [2.45, 2.75) is 0 Å². The van der Waals surface area contributed by atoms with E-state index in [1.165, 1.54) is 92.0 Å². The summed E-state index contributed by atoms with van der Waals surface area (Å²) in [5.74, 6) is 0. The minimum Gasteiger partial charge on any atom is -0.354 e. The summed E-state index contributed by atoms with van der Waals surface area (Å²) >= 11 is 0. The van der Waals surface area contributed by atoms with Gasteiger partial charge in [0.15, 0.2) is 0 Å². The Morgan fingerprint density at radius 3 is 1.37 bits per heavy atom. The predicted molar refractivity (Wildman–Crippen MR) is 185 cm³/mol. The molecule has 0 unspecified atom stereocenters. The summed E-state index contributed by atoms with van der Waals surface area (Å²) in [4.78, 5) is 11.8. The normalized spacial score (nSPS) is 12.7. The third-order valence-electron chi connectivity index (χ3n) is 9.79. The van der Waals surface area contributed by atoms with Crippen molar-refractivity contribution in [3.8, 4) is 0 Å². The number of hydrogen-bond acceptors (Lipinski definition) is 0.